The lowest BCUT2D eigenvalue weighted by molar-refractivity contribution is 0.170. The molecular weight excluding hydrogens is 324 g/mol. The van der Waals surface area contributed by atoms with Gasteiger partial charge in [-0.2, -0.15) is 5.10 Å². The lowest BCUT2D eigenvalue weighted by atomic mass is 10.0. The van der Waals surface area contributed by atoms with Gasteiger partial charge in [0.05, 0.1) is 22.0 Å². The second-order valence-corrected chi connectivity index (χ2v) is 5.60. The fraction of sp³-hybridized carbons (Fsp3) is 0.357. The first-order valence-corrected chi connectivity index (χ1v) is 7.11. The maximum absolute atomic E-state index is 10.4. The number of aryl methyl sites for hydroxylation is 2. The van der Waals surface area contributed by atoms with Crippen molar-refractivity contribution in [2.45, 2.75) is 19.4 Å². The smallest absolute Gasteiger partial charge is 0.231 e. The molecule has 6 heteroatoms. The van der Waals surface area contributed by atoms with Crippen LogP contribution in [0.4, 0.5) is 0 Å². The van der Waals surface area contributed by atoms with Crippen LogP contribution in [0.1, 0.15) is 23.1 Å². The predicted molar refractivity (Wildman–Crippen MR) is 76.9 cm³/mol. The highest BCUT2D eigenvalue weighted by molar-refractivity contribution is 9.10. The molecule has 2 aromatic rings. The zero-order valence-corrected chi connectivity index (χ0v) is 12.8. The normalized spacial score (nSPS) is 14.6. The van der Waals surface area contributed by atoms with Crippen LogP contribution in [-0.4, -0.2) is 21.7 Å². The van der Waals surface area contributed by atoms with E-state index in [-0.39, 0.29) is 6.79 Å². The third kappa shape index (κ3) is 2.29. The Balaban J connectivity index is 1.84. The lowest BCUT2D eigenvalue weighted by Gasteiger charge is -2.12. The number of aromatic nitrogens is 2. The van der Waals surface area contributed by atoms with Crippen LogP contribution in [0.3, 0.4) is 0 Å². The number of fused-ring (bicyclic) bond motifs is 1. The second kappa shape index (κ2) is 5.10. The highest BCUT2D eigenvalue weighted by Gasteiger charge is 2.19. The van der Waals surface area contributed by atoms with Crippen LogP contribution in [0.25, 0.3) is 0 Å². The molecule has 0 spiro atoms. The van der Waals surface area contributed by atoms with E-state index >= 15 is 0 Å². The van der Waals surface area contributed by atoms with Gasteiger partial charge in [-0.3, -0.25) is 4.68 Å². The van der Waals surface area contributed by atoms with Gasteiger partial charge in [-0.05, 0) is 40.5 Å². The number of aliphatic hydroxyl groups excluding tert-OH is 1. The quantitative estimate of drug-likeness (QED) is 0.934. The second-order valence-electron chi connectivity index (χ2n) is 4.80. The molecule has 1 aromatic carbocycles. The van der Waals surface area contributed by atoms with Gasteiger partial charge in [0.25, 0.3) is 0 Å². The summed E-state index contributed by atoms with van der Waals surface area (Å²) < 4.78 is 13.3. The first kappa shape index (κ1) is 13.5. The Morgan fingerprint density at radius 3 is 2.85 bits per heavy atom. The topological polar surface area (TPSA) is 56.5 Å². The van der Waals surface area contributed by atoms with Gasteiger partial charge < -0.3 is 14.6 Å². The summed E-state index contributed by atoms with van der Waals surface area (Å²) in [6.45, 7) is 2.17. The summed E-state index contributed by atoms with van der Waals surface area (Å²) in [5, 5.41) is 14.7. The Hall–Kier alpha value is -1.53. The Morgan fingerprint density at radius 2 is 2.15 bits per heavy atom. The van der Waals surface area contributed by atoms with Crippen LogP contribution in [0, 0.1) is 6.92 Å². The van der Waals surface area contributed by atoms with Crippen molar-refractivity contribution in [2.75, 3.05) is 6.79 Å². The van der Waals surface area contributed by atoms with Crippen molar-refractivity contribution in [2.24, 2.45) is 7.05 Å². The summed E-state index contributed by atoms with van der Waals surface area (Å²) in [7, 11) is 1.87. The maximum Gasteiger partial charge on any atom is 0.231 e. The Morgan fingerprint density at radius 1 is 1.40 bits per heavy atom. The molecule has 1 aliphatic heterocycles. The van der Waals surface area contributed by atoms with E-state index < -0.39 is 6.10 Å². The van der Waals surface area contributed by atoms with Crippen LogP contribution in [0.2, 0.25) is 0 Å². The Kier molecular flexibility index (Phi) is 3.43. The summed E-state index contributed by atoms with van der Waals surface area (Å²) in [6.07, 6.45) is -0.131. The van der Waals surface area contributed by atoms with E-state index in [0.29, 0.717) is 12.2 Å². The van der Waals surface area contributed by atoms with E-state index in [2.05, 4.69) is 21.0 Å². The molecule has 106 valence electrons. The van der Waals surface area contributed by atoms with E-state index in [1.54, 1.807) is 4.68 Å². The molecule has 0 saturated heterocycles. The van der Waals surface area contributed by atoms with E-state index in [1.807, 2.05) is 32.2 Å². The zero-order chi connectivity index (χ0) is 14.3. The molecule has 1 atom stereocenters. The average Bonchev–Trinajstić information content (AvgIpc) is 2.98. The fourth-order valence-electron chi connectivity index (χ4n) is 2.32. The molecule has 0 amide bonds. The van der Waals surface area contributed by atoms with Crippen LogP contribution in [0.15, 0.2) is 22.7 Å². The molecule has 1 unspecified atom stereocenters. The number of rotatable bonds is 3. The monoisotopic (exact) mass is 338 g/mol. The van der Waals surface area contributed by atoms with Crippen LogP contribution in [-0.2, 0) is 13.5 Å². The van der Waals surface area contributed by atoms with Crippen molar-refractivity contribution in [1.82, 2.24) is 9.78 Å². The van der Waals surface area contributed by atoms with Crippen LogP contribution in [0.5, 0.6) is 11.5 Å². The number of benzene rings is 1. The summed E-state index contributed by atoms with van der Waals surface area (Å²) in [6, 6.07) is 5.50. The van der Waals surface area contributed by atoms with Gasteiger partial charge in [0, 0.05) is 13.5 Å². The number of ether oxygens (including phenoxy) is 2. The summed E-state index contributed by atoms with van der Waals surface area (Å²) in [5.41, 5.74) is 2.69. The third-order valence-corrected chi connectivity index (χ3v) is 4.46. The van der Waals surface area contributed by atoms with Crippen molar-refractivity contribution >= 4 is 15.9 Å². The minimum absolute atomic E-state index is 0.237. The first-order chi connectivity index (χ1) is 9.56. The molecule has 1 aromatic heterocycles. The van der Waals surface area contributed by atoms with Gasteiger partial charge in [-0.25, -0.2) is 0 Å². The van der Waals surface area contributed by atoms with Crippen molar-refractivity contribution in [3.05, 3.63) is 39.6 Å². The minimum Gasteiger partial charge on any atom is -0.454 e. The van der Waals surface area contributed by atoms with Gasteiger partial charge in [-0.15, -0.1) is 0 Å². The molecule has 1 aliphatic rings. The van der Waals surface area contributed by atoms with Gasteiger partial charge in [0.15, 0.2) is 11.5 Å². The largest absolute Gasteiger partial charge is 0.454 e. The molecular formula is C14H15BrN2O3. The Labute approximate surface area is 125 Å². The van der Waals surface area contributed by atoms with Crippen LogP contribution < -0.4 is 9.47 Å². The SMILES string of the molecule is Cc1nn(C)c(CC(O)c2ccc3c(c2)OCO3)c1Br. The summed E-state index contributed by atoms with van der Waals surface area (Å²) in [4.78, 5) is 0. The Bertz CT molecular complexity index is 654. The zero-order valence-electron chi connectivity index (χ0n) is 11.3. The molecule has 3 rings (SSSR count). The fourth-order valence-corrected chi connectivity index (χ4v) is 2.82. The number of hydrogen-bond donors (Lipinski definition) is 1. The number of nitrogens with zero attached hydrogens (tertiary/aromatic N) is 2. The van der Waals surface area contributed by atoms with Crippen molar-refractivity contribution in [3.63, 3.8) is 0 Å². The summed E-state index contributed by atoms with van der Waals surface area (Å²) in [5.74, 6) is 1.40. The molecule has 1 N–H and O–H groups in total. The van der Waals surface area contributed by atoms with Gasteiger partial charge in [0.2, 0.25) is 6.79 Å². The maximum atomic E-state index is 10.4. The third-order valence-electron chi connectivity index (χ3n) is 3.43. The van der Waals surface area contributed by atoms with Gasteiger partial charge in [0.1, 0.15) is 0 Å². The highest BCUT2D eigenvalue weighted by atomic mass is 79.9. The minimum atomic E-state index is -0.615. The molecule has 20 heavy (non-hydrogen) atoms. The molecule has 0 aliphatic carbocycles. The van der Waals surface area contributed by atoms with Crippen LogP contribution >= 0.6 is 15.9 Å². The first-order valence-electron chi connectivity index (χ1n) is 6.32. The predicted octanol–water partition coefficient (Wildman–Crippen LogP) is 2.50. The molecule has 0 fully saturated rings. The molecule has 0 bridgehead atoms. The number of aliphatic hydroxyl groups is 1. The van der Waals surface area contributed by atoms with Crippen molar-refractivity contribution in [3.8, 4) is 11.5 Å². The summed E-state index contributed by atoms with van der Waals surface area (Å²) >= 11 is 3.51. The van der Waals surface area contributed by atoms with Gasteiger partial charge in [-0.1, -0.05) is 6.07 Å². The average molecular weight is 339 g/mol. The molecule has 2 heterocycles. The molecule has 5 nitrogen and oxygen atoms in total. The molecule has 0 saturated carbocycles. The highest BCUT2D eigenvalue weighted by Crippen LogP contribution is 2.35. The van der Waals surface area contributed by atoms with Crippen molar-refractivity contribution in [1.29, 1.82) is 0 Å². The number of hydrogen-bond acceptors (Lipinski definition) is 4. The molecule has 0 radical (unpaired) electrons. The van der Waals surface area contributed by atoms with E-state index in [0.717, 1.165) is 27.2 Å². The van der Waals surface area contributed by atoms with Gasteiger partial charge >= 0.3 is 0 Å². The standard InChI is InChI=1S/C14H15BrN2O3/c1-8-14(15)10(17(2)16-8)6-11(18)9-3-4-12-13(5-9)20-7-19-12/h3-5,11,18H,6-7H2,1-2H3. The van der Waals surface area contributed by atoms with E-state index in [4.69, 9.17) is 9.47 Å². The number of halogens is 1. The van der Waals surface area contributed by atoms with Crippen molar-refractivity contribution < 1.29 is 14.6 Å². The lowest BCUT2D eigenvalue weighted by Crippen LogP contribution is -2.07. The van der Waals surface area contributed by atoms with E-state index in [9.17, 15) is 5.11 Å². The van der Waals surface area contributed by atoms with E-state index in [1.165, 1.54) is 0 Å².